The van der Waals surface area contributed by atoms with Crippen LogP contribution in [0.25, 0.3) is 0 Å². The number of aliphatic hydroxyl groups is 1. The van der Waals surface area contributed by atoms with Gasteiger partial charge in [0.05, 0.1) is 6.61 Å². The molecular weight excluding hydrogens is 226 g/mol. The van der Waals surface area contributed by atoms with Crippen LogP contribution in [-0.4, -0.2) is 30.4 Å². The Morgan fingerprint density at radius 2 is 2.17 bits per heavy atom. The summed E-state index contributed by atoms with van der Waals surface area (Å²) in [6, 6.07) is 8.41. The molecule has 2 rings (SSSR count). The summed E-state index contributed by atoms with van der Waals surface area (Å²) in [5.74, 6) is 0.935. The molecule has 1 aromatic rings. The highest BCUT2D eigenvalue weighted by molar-refractivity contribution is 5.28. The number of nitrogens with one attached hydrogen (secondary N) is 1. The van der Waals surface area contributed by atoms with Gasteiger partial charge in [-0.15, -0.1) is 0 Å². The van der Waals surface area contributed by atoms with Crippen molar-refractivity contribution in [2.75, 3.05) is 13.2 Å². The molecule has 0 radical (unpaired) electrons. The third kappa shape index (κ3) is 4.31. The molecule has 0 saturated carbocycles. The Balaban J connectivity index is 0.000000771. The van der Waals surface area contributed by atoms with Crippen molar-refractivity contribution in [1.29, 1.82) is 0 Å². The zero-order valence-electron chi connectivity index (χ0n) is 11.6. The van der Waals surface area contributed by atoms with E-state index in [1.165, 1.54) is 5.56 Å². The first kappa shape index (κ1) is 15.0. The summed E-state index contributed by atoms with van der Waals surface area (Å²) in [6.07, 6.45) is 2.09. The van der Waals surface area contributed by atoms with Gasteiger partial charge in [0, 0.05) is 19.0 Å². The van der Waals surface area contributed by atoms with Crippen molar-refractivity contribution in [2.24, 2.45) is 0 Å². The van der Waals surface area contributed by atoms with Gasteiger partial charge in [-0.25, -0.2) is 0 Å². The largest absolute Gasteiger partial charge is 0.489 e. The van der Waals surface area contributed by atoms with Crippen molar-refractivity contribution in [1.82, 2.24) is 5.32 Å². The van der Waals surface area contributed by atoms with Crippen molar-refractivity contribution < 1.29 is 9.84 Å². The summed E-state index contributed by atoms with van der Waals surface area (Å²) in [5.41, 5.74) is 1.29. The predicted octanol–water partition coefficient (Wildman–Crippen LogP) is 2.38. The summed E-state index contributed by atoms with van der Waals surface area (Å²) in [7, 11) is 0. The van der Waals surface area contributed by atoms with Crippen LogP contribution in [0.5, 0.6) is 5.75 Å². The Bertz CT molecular complexity index is 341. The topological polar surface area (TPSA) is 41.5 Å². The zero-order chi connectivity index (χ0) is 13.4. The van der Waals surface area contributed by atoms with Gasteiger partial charge in [0.1, 0.15) is 11.9 Å². The monoisotopic (exact) mass is 251 g/mol. The van der Waals surface area contributed by atoms with Crippen LogP contribution in [0.15, 0.2) is 24.3 Å². The van der Waals surface area contributed by atoms with Gasteiger partial charge in [-0.05, 0) is 24.1 Å². The fourth-order valence-electron chi connectivity index (χ4n) is 2.04. The second-order valence-corrected chi connectivity index (χ2v) is 4.26. The molecule has 18 heavy (non-hydrogen) atoms. The van der Waals surface area contributed by atoms with Gasteiger partial charge in [-0.2, -0.15) is 0 Å². The highest BCUT2D eigenvalue weighted by Crippen LogP contribution is 2.18. The van der Waals surface area contributed by atoms with Crippen molar-refractivity contribution in [2.45, 2.75) is 45.8 Å². The van der Waals surface area contributed by atoms with E-state index < -0.39 is 0 Å². The molecule has 3 heteroatoms. The lowest BCUT2D eigenvalue weighted by atomic mass is 10.1. The van der Waals surface area contributed by atoms with E-state index in [4.69, 9.17) is 9.84 Å². The van der Waals surface area contributed by atoms with E-state index in [9.17, 15) is 0 Å². The normalized spacial score (nSPS) is 22.2. The maximum atomic E-state index is 9.01. The number of benzene rings is 1. The van der Waals surface area contributed by atoms with Crippen LogP contribution in [0.2, 0.25) is 0 Å². The molecule has 2 N–H and O–H groups in total. The summed E-state index contributed by atoms with van der Waals surface area (Å²) < 4.78 is 5.88. The summed E-state index contributed by atoms with van der Waals surface area (Å²) in [4.78, 5) is 0. The average Bonchev–Trinajstić information content (AvgIpc) is 2.89. The van der Waals surface area contributed by atoms with E-state index in [1.54, 1.807) is 0 Å². The molecule has 1 saturated heterocycles. The lowest BCUT2D eigenvalue weighted by molar-refractivity contribution is 0.206. The lowest BCUT2D eigenvalue weighted by Gasteiger charge is -2.13. The van der Waals surface area contributed by atoms with Crippen molar-refractivity contribution in [3.05, 3.63) is 29.8 Å². The molecule has 1 heterocycles. The maximum Gasteiger partial charge on any atom is 0.120 e. The number of rotatable bonds is 4. The molecule has 0 spiro atoms. The highest BCUT2D eigenvalue weighted by atomic mass is 16.5. The van der Waals surface area contributed by atoms with Gasteiger partial charge < -0.3 is 15.2 Å². The average molecular weight is 251 g/mol. The van der Waals surface area contributed by atoms with Gasteiger partial charge >= 0.3 is 0 Å². The number of hydrogen-bond acceptors (Lipinski definition) is 3. The molecule has 0 aliphatic carbocycles. The molecule has 1 aromatic carbocycles. The van der Waals surface area contributed by atoms with Crippen molar-refractivity contribution in [3.8, 4) is 5.75 Å². The Kier molecular flexibility index (Phi) is 6.76. The first-order valence-electron chi connectivity index (χ1n) is 6.91. The van der Waals surface area contributed by atoms with E-state index in [1.807, 2.05) is 26.0 Å². The fourth-order valence-corrected chi connectivity index (χ4v) is 2.04. The number of hydrogen-bond donors (Lipinski definition) is 2. The first-order valence-corrected chi connectivity index (χ1v) is 6.91. The van der Waals surface area contributed by atoms with E-state index in [2.05, 4.69) is 24.4 Å². The van der Waals surface area contributed by atoms with Crippen molar-refractivity contribution >= 4 is 0 Å². The minimum Gasteiger partial charge on any atom is -0.489 e. The summed E-state index contributed by atoms with van der Waals surface area (Å²) in [5, 5.41) is 12.2. The molecule has 0 bridgehead atoms. The van der Waals surface area contributed by atoms with Gasteiger partial charge in [-0.3, -0.25) is 0 Å². The Morgan fingerprint density at radius 3 is 2.78 bits per heavy atom. The minimum atomic E-state index is 0.184. The lowest BCUT2D eigenvalue weighted by Crippen LogP contribution is -2.25. The Hall–Kier alpha value is -1.06. The van der Waals surface area contributed by atoms with Crippen molar-refractivity contribution in [3.63, 3.8) is 0 Å². The molecule has 0 aromatic heterocycles. The molecule has 2 atom stereocenters. The standard InChI is InChI=1S/C13H19NO2.C2H6/c1-2-10-4-3-5-12(6-10)16-13-7-11(9-15)14-8-13;1-2/h3-6,11,13-15H,2,7-9H2,1H3;1-2H3. The van der Waals surface area contributed by atoms with E-state index in [-0.39, 0.29) is 18.8 Å². The van der Waals surface area contributed by atoms with Crippen LogP contribution >= 0.6 is 0 Å². The molecular formula is C15H25NO2. The maximum absolute atomic E-state index is 9.01. The van der Waals surface area contributed by atoms with Gasteiger partial charge in [0.15, 0.2) is 0 Å². The van der Waals surface area contributed by atoms with Crippen LogP contribution < -0.4 is 10.1 Å². The Labute approximate surface area is 110 Å². The van der Waals surface area contributed by atoms with E-state index in [0.29, 0.717) is 0 Å². The molecule has 3 nitrogen and oxygen atoms in total. The third-order valence-corrected chi connectivity index (χ3v) is 3.01. The van der Waals surface area contributed by atoms with E-state index >= 15 is 0 Å². The second-order valence-electron chi connectivity index (χ2n) is 4.26. The smallest absolute Gasteiger partial charge is 0.120 e. The van der Waals surface area contributed by atoms with Gasteiger partial charge in [-0.1, -0.05) is 32.9 Å². The molecule has 1 aliphatic heterocycles. The molecule has 1 aliphatic rings. The van der Waals surface area contributed by atoms with Gasteiger partial charge in [0.25, 0.3) is 0 Å². The number of ether oxygens (including phenoxy) is 1. The summed E-state index contributed by atoms with van der Waals surface area (Å²) >= 11 is 0. The SMILES string of the molecule is CC.CCc1cccc(OC2CNC(CO)C2)c1. The van der Waals surface area contributed by atoms with E-state index in [0.717, 1.165) is 25.1 Å². The quantitative estimate of drug-likeness (QED) is 0.863. The molecule has 0 amide bonds. The predicted molar refractivity (Wildman–Crippen MR) is 75.1 cm³/mol. The van der Waals surface area contributed by atoms with Crippen LogP contribution in [0.1, 0.15) is 32.8 Å². The number of aliphatic hydroxyl groups excluding tert-OH is 1. The fraction of sp³-hybridized carbons (Fsp3) is 0.600. The van der Waals surface area contributed by atoms with Crippen LogP contribution in [0.3, 0.4) is 0 Å². The molecule has 1 fully saturated rings. The third-order valence-electron chi connectivity index (χ3n) is 3.01. The Morgan fingerprint density at radius 1 is 1.39 bits per heavy atom. The van der Waals surface area contributed by atoms with Crippen LogP contribution in [-0.2, 0) is 6.42 Å². The zero-order valence-corrected chi connectivity index (χ0v) is 11.6. The summed E-state index contributed by atoms with van der Waals surface area (Å²) in [6.45, 7) is 7.15. The number of aryl methyl sites for hydroxylation is 1. The van der Waals surface area contributed by atoms with Crippen LogP contribution in [0, 0.1) is 0 Å². The van der Waals surface area contributed by atoms with Gasteiger partial charge in [0.2, 0.25) is 0 Å². The highest BCUT2D eigenvalue weighted by Gasteiger charge is 2.24. The first-order chi connectivity index (χ1) is 8.81. The van der Waals surface area contributed by atoms with Crippen LogP contribution in [0.4, 0.5) is 0 Å². The molecule has 2 unspecified atom stereocenters. The molecule has 102 valence electrons. The second kappa shape index (κ2) is 8.11. The minimum absolute atomic E-state index is 0.184.